The lowest BCUT2D eigenvalue weighted by molar-refractivity contribution is -0.185. The van der Waals surface area contributed by atoms with Crippen molar-refractivity contribution in [3.8, 4) is 11.5 Å². The Balaban J connectivity index is 1.56. The number of aromatic nitrogens is 2. The molecule has 2 heterocycles. The summed E-state index contributed by atoms with van der Waals surface area (Å²) < 4.78 is 17.0. The number of halogens is 1. The summed E-state index contributed by atoms with van der Waals surface area (Å²) in [6.07, 6.45) is 7.44. The first-order valence-corrected chi connectivity index (χ1v) is 11.9. The molecule has 1 aliphatic carbocycles. The number of carbonyl (C=O) groups is 2. The molecule has 33 heavy (non-hydrogen) atoms. The van der Waals surface area contributed by atoms with Crippen molar-refractivity contribution in [3.63, 3.8) is 0 Å². The Kier molecular flexibility index (Phi) is 6.98. The van der Waals surface area contributed by atoms with Crippen LogP contribution in [0.2, 0.25) is 5.02 Å². The highest BCUT2D eigenvalue weighted by Gasteiger charge is 2.51. The first kappa shape index (κ1) is 23.6. The molecule has 2 fully saturated rings. The normalized spacial score (nSPS) is 23.6. The topological polar surface area (TPSA) is 90.5 Å². The number of aromatic amines is 1. The van der Waals surface area contributed by atoms with Gasteiger partial charge in [0.1, 0.15) is 28.8 Å². The quantitative estimate of drug-likeness (QED) is 0.443. The van der Waals surface area contributed by atoms with E-state index in [1.807, 2.05) is 13.0 Å². The highest BCUT2D eigenvalue weighted by atomic mass is 35.5. The number of cyclic esters (lactones) is 1. The zero-order valence-corrected chi connectivity index (χ0v) is 20.2. The predicted octanol–water partition coefficient (Wildman–Crippen LogP) is 4.63. The molecule has 0 spiro atoms. The van der Waals surface area contributed by atoms with Crippen LogP contribution < -0.4 is 9.47 Å². The van der Waals surface area contributed by atoms with Gasteiger partial charge in [-0.25, -0.2) is 4.98 Å². The van der Waals surface area contributed by atoms with Gasteiger partial charge >= 0.3 is 5.97 Å². The average Bonchev–Trinajstić information content (AvgIpc) is 3.47. The van der Waals surface area contributed by atoms with Crippen LogP contribution >= 0.6 is 11.6 Å². The molecule has 2 unspecified atom stereocenters. The fraction of sp³-hybridized carbons (Fsp3) is 0.560. The maximum Gasteiger partial charge on any atom is 0.317 e. The van der Waals surface area contributed by atoms with Gasteiger partial charge in [0.2, 0.25) is 0 Å². The van der Waals surface area contributed by atoms with Crippen molar-refractivity contribution in [2.45, 2.75) is 63.9 Å². The molecule has 2 aliphatic rings. The number of aryl methyl sites for hydroxylation is 2. The molecule has 1 aromatic carbocycles. The third kappa shape index (κ3) is 4.88. The molecule has 0 bridgehead atoms. The van der Waals surface area contributed by atoms with Crippen molar-refractivity contribution in [2.24, 2.45) is 11.8 Å². The van der Waals surface area contributed by atoms with Gasteiger partial charge in [0.15, 0.2) is 5.78 Å². The first-order valence-electron chi connectivity index (χ1n) is 11.5. The minimum Gasteiger partial charge on any atom is -0.496 e. The smallest absolute Gasteiger partial charge is 0.317 e. The Morgan fingerprint density at radius 2 is 1.91 bits per heavy atom. The molecule has 1 saturated carbocycles. The van der Waals surface area contributed by atoms with Crippen molar-refractivity contribution >= 4 is 23.4 Å². The SMILES string of the molecule is COc1cc(OC)c(CCC2(C3CCCC3)CC(=O)C(Cc3cnc(C)[nH]3)C(=O)O2)cc1Cl. The second-order valence-corrected chi connectivity index (χ2v) is 9.57. The van der Waals surface area contributed by atoms with Crippen molar-refractivity contribution in [1.82, 2.24) is 9.97 Å². The highest BCUT2D eigenvalue weighted by molar-refractivity contribution is 6.32. The second-order valence-electron chi connectivity index (χ2n) is 9.16. The monoisotopic (exact) mass is 474 g/mol. The van der Waals surface area contributed by atoms with Gasteiger partial charge in [-0.15, -0.1) is 0 Å². The Morgan fingerprint density at radius 1 is 1.18 bits per heavy atom. The van der Waals surface area contributed by atoms with Crippen LogP contribution in [0, 0.1) is 18.8 Å². The average molecular weight is 475 g/mol. The van der Waals surface area contributed by atoms with E-state index < -0.39 is 17.5 Å². The van der Waals surface area contributed by atoms with E-state index in [0.29, 0.717) is 35.8 Å². The minimum absolute atomic E-state index is 0.0508. The van der Waals surface area contributed by atoms with Gasteiger partial charge in [0.05, 0.1) is 19.2 Å². The van der Waals surface area contributed by atoms with E-state index in [1.165, 1.54) is 0 Å². The largest absolute Gasteiger partial charge is 0.496 e. The number of ether oxygens (including phenoxy) is 3. The number of esters is 1. The number of methoxy groups -OCH3 is 2. The van der Waals surface area contributed by atoms with E-state index in [9.17, 15) is 9.59 Å². The van der Waals surface area contributed by atoms with Crippen molar-refractivity contribution < 1.29 is 23.8 Å². The number of ketones is 1. The molecule has 1 saturated heterocycles. The number of hydrogen-bond donors (Lipinski definition) is 1. The Hall–Kier alpha value is -2.54. The maximum absolute atomic E-state index is 13.3. The number of H-pyrrole nitrogens is 1. The van der Waals surface area contributed by atoms with E-state index >= 15 is 0 Å². The summed E-state index contributed by atoms with van der Waals surface area (Å²) in [4.78, 5) is 33.7. The summed E-state index contributed by atoms with van der Waals surface area (Å²) in [5, 5.41) is 0.495. The number of Topliss-reactive ketones (excluding diaryl/α,β-unsaturated/α-hetero) is 1. The Labute approximate surface area is 199 Å². The molecule has 7 nitrogen and oxygen atoms in total. The molecule has 1 aliphatic heterocycles. The molecule has 178 valence electrons. The third-order valence-electron chi connectivity index (χ3n) is 7.10. The lowest BCUT2D eigenvalue weighted by Crippen LogP contribution is -2.52. The number of hydrogen-bond acceptors (Lipinski definition) is 6. The summed E-state index contributed by atoms with van der Waals surface area (Å²) in [7, 11) is 3.16. The lowest BCUT2D eigenvalue weighted by atomic mass is 9.73. The number of carbonyl (C=O) groups excluding carboxylic acids is 2. The molecular formula is C25H31ClN2O5. The van der Waals surface area contributed by atoms with Gasteiger partial charge < -0.3 is 19.2 Å². The van der Waals surface area contributed by atoms with Crippen LogP contribution in [0.1, 0.15) is 55.6 Å². The van der Waals surface area contributed by atoms with E-state index in [2.05, 4.69) is 9.97 Å². The van der Waals surface area contributed by atoms with Crippen LogP contribution in [0.4, 0.5) is 0 Å². The van der Waals surface area contributed by atoms with Crippen LogP contribution in [0.5, 0.6) is 11.5 Å². The van der Waals surface area contributed by atoms with Crippen molar-refractivity contribution in [1.29, 1.82) is 0 Å². The summed E-state index contributed by atoms with van der Waals surface area (Å²) in [5.74, 6) is 0.881. The van der Waals surface area contributed by atoms with Crippen LogP contribution in [0.15, 0.2) is 18.3 Å². The molecule has 8 heteroatoms. The van der Waals surface area contributed by atoms with Crippen molar-refractivity contribution in [2.75, 3.05) is 14.2 Å². The molecule has 0 amide bonds. The summed E-state index contributed by atoms with van der Waals surface area (Å²) in [5.41, 5.74) is 0.885. The van der Waals surface area contributed by atoms with E-state index in [4.69, 9.17) is 25.8 Å². The number of nitrogens with one attached hydrogen (secondary N) is 1. The maximum atomic E-state index is 13.3. The zero-order valence-electron chi connectivity index (χ0n) is 19.4. The minimum atomic E-state index is -0.789. The highest BCUT2D eigenvalue weighted by Crippen LogP contribution is 2.46. The van der Waals surface area contributed by atoms with Crippen molar-refractivity contribution in [3.05, 3.63) is 40.4 Å². The molecule has 4 rings (SSSR count). The number of imidazole rings is 1. The van der Waals surface area contributed by atoms with E-state index in [0.717, 1.165) is 42.8 Å². The number of nitrogens with zero attached hydrogens (tertiary/aromatic N) is 1. The van der Waals surface area contributed by atoms with Gasteiger partial charge in [0, 0.05) is 30.8 Å². The number of rotatable bonds is 8. The molecule has 1 N–H and O–H groups in total. The van der Waals surface area contributed by atoms with Crippen LogP contribution in [-0.2, 0) is 27.2 Å². The van der Waals surface area contributed by atoms with Crippen LogP contribution in [-0.4, -0.2) is 41.5 Å². The second kappa shape index (κ2) is 9.75. The van der Waals surface area contributed by atoms with Gasteiger partial charge in [-0.1, -0.05) is 24.4 Å². The molecular weight excluding hydrogens is 444 g/mol. The Bertz CT molecular complexity index is 1010. The first-order chi connectivity index (χ1) is 15.8. The van der Waals surface area contributed by atoms with Crippen LogP contribution in [0.25, 0.3) is 0 Å². The Morgan fingerprint density at radius 3 is 2.52 bits per heavy atom. The predicted molar refractivity (Wildman–Crippen MR) is 124 cm³/mol. The molecule has 2 atom stereocenters. The summed E-state index contributed by atoms with van der Waals surface area (Å²) in [6.45, 7) is 1.84. The van der Waals surface area contributed by atoms with Gasteiger partial charge in [-0.3, -0.25) is 9.59 Å². The fourth-order valence-electron chi connectivity index (χ4n) is 5.34. The third-order valence-corrected chi connectivity index (χ3v) is 7.40. The van der Waals surface area contributed by atoms with Gasteiger partial charge in [-0.2, -0.15) is 0 Å². The standard InChI is InChI=1S/C25H31ClN2O5/c1-15-27-14-18(28-15)11-19-21(29)13-25(33-24(19)30,17-6-4-5-7-17)9-8-16-10-20(26)23(32-3)12-22(16)31-2/h10,12,14,17,19H,4-9,11,13H2,1-3H3,(H,27,28). The molecule has 0 radical (unpaired) electrons. The number of benzene rings is 1. The molecule has 1 aromatic heterocycles. The van der Waals surface area contributed by atoms with Crippen LogP contribution in [0.3, 0.4) is 0 Å². The summed E-state index contributed by atoms with van der Waals surface area (Å²) >= 11 is 6.36. The van der Waals surface area contributed by atoms with Gasteiger partial charge in [0.25, 0.3) is 0 Å². The molecule has 2 aromatic rings. The fourth-order valence-corrected chi connectivity index (χ4v) is 5.60. The summed E-state index contributed by atoms with van der Waals surface area (Å²) in [6, 6.07) is 3.60. The lowest BCUT2D eigenvalue weighted by Gasteiger charge is -2.43. The van der Waals surface area contributed by atoms with Gasteiger partial charge in [-0.05, 0) is 50.2 Å². The zero-order chi connectivity index (χ0) is 23.6. The van der Waals surface area contributed by atoms with E-state index in [-0.39, 0.29) is 18.1 Å². The van der Waals surface area contributed by atoms with E-state index in [1.54, 1.807) is 26.5 Å².